The first-order valence-electron chi connectivity index (χ1n) is 23.9. The average molecular weight is 930 g/mol. The predicted octanol–water partition coefficient (Wildman–Crippen LogP) is 15.9. The molecule has 0 saturated carbocycles. The highest BCUT2D eigenvalue weighted by atomic mass is 19.1. The van der Waals surface area contributed by atoms with Gasteiger partial charge in [0.2, 0.25) is 11.9 Å². The van der Waals surface area contributed by atoms with Crippen molar-refractivity contribution in [2.24, 2.45) is 0 Å². The summed E-state index contributed by atoms with van der Waals surface area (Å²) < 4.78 is 37.7. The minimum atomic E-state index is -0.291. The lowest BCUT2D eigenvalue weighted by Crippen LogP contribution is -2.10. The highest BCUT2D eigenvalue weighted by Crippen LogP contribution is 2.44. The van der Waals surface area contributed by atoms with Crippen LogP contribution < -0.4 is 0 Å². The van der Waals surface area contributed by atoms with Gasteiger partial charge < -0.3 is 9.13 Å². The van der Waals surface area contributed by atoms with Crippen LogP contribution >= 0.6 is 0 Å². The SMILES string of the molecule is Fc1ccc(-n2c3ccccc3c3c2ccc2c4ccccc4n(-c4nc(-c5ccc(-c6ccccc6)cc5)nc(-n5c6ccccc6c6ccc7c(c8ccccc8n7-c7ccc(F)cc7)c65)n4)c23)cc1. The van der Waals surface area contributed by atoms with Crippen LogP contribution in [-0.4, -0.2) is 33.2 Å². The molecule has 0 spiro atoms. The van der Waals surface area contributed by atoms with Gasteiger partial charge in [0.1, 0.15) is 11.6 Å². The first kappa shape index (κ1) is 40.2. The normalized spacial score (nSPS) is 12.0. The van der Waals surface area contributed by atoms with E-state index in [2.05, 4.69) is 164 Å². The Morgan fingerprint density at radius 1 is 0.264 bits per heavy atom. The van der Waals surface area contributed by atoms with Crippen molar-refractivity contribution in [3.63, 3.8) is 0 Å². The summed E-state index contributed by atoms with van der Waals surface area (Å²) in [5.41, 5.74) is 12.4. The van der Waals surface area contributed by atoms with Crippen LogP contribution in [0, 0.1) is 11.6 Å². The van der Waals surface area contributed by atoms with Crippen molar-refractivity contribution in [2.75, 3.05) is 0 Å². The van der Waals surface area contributed by atoms with Crippen LogP contribution in [0.4, 0.5) is 8.78 Å². The number of fused-ring (bicyclic) bond motifs is 14. The van der Waals surface area contributed by atoms with Crippen LogP contribution in [0.25, 0.3) is 133 Å². The summed E-state index contributed by atoms with van der Waals surface area (Å²) >= 11 is 0. The van der Waals surface area contributed by atoms with E-state index in [1.54, 1.807) is 0 Å². The van der Waals surface area contributed by atoms with Gasteiger partial charge in [0.15, 0.2) is 5.82 Å². The number of para-hydroxylation sites is 4. The molecule has 0 radical (unpaired) electrons. The van der Waals surface area contributed by atoms with E-state index in [4.69, 9.17) is 15.0 Å². The lowest BCUT2D eigenvalue weighted by molar-refractivity contribution is 0.627. The molecule has 9 heteroatoms. The van der Waals surface area contributed by atoms with Gasteiger partial charge in [0.05, 0.1) is 44.1 Å². The third kappa shape index (κ3) is 5.85. The van der Waals surface area contributed by atoms with E-state index in [0.717, 1.165) is 115 Å². The van der Waals surface area contributed by atoms with Crippen molar-refractivity contribution in [3.05, 3.63) is 236 Å². The fraction of sp³-hybridized carbons (Fsp3) is 0. The molecule has 10 aromatic carbocycles. The van der Waals surface area contributed by atoms with Gasteiger partial charge in [-0.25, -0.2) is 8.78 Å². The van der Waals surface area contributed by atoms with E-state index in [9.17, 15) is 8.78 Å². The quantitative estimate of drug-likeness (QED) is 0.167. The number of benzene rings is 10. The summed E-state index contributed by atoms with van der Waals surface area (Å²) in [5, 5.41) is 8.32. The Balaban J connectivity index is 1.08. The Morgan fingerprint density at radius 2 is 0.639 bits per heavy atom. The number of rotatable bonds is 6. The van der Waals surface area contributed by atoms with Crippen molar-refractivity contribution < 1.29 is 8.78 Å². The zero-order valence-electron chi connectivity index (χ0n) is 38.2. The summed E-state index contributed by atoms with van der Waals surface area (Å²) in [4.78, 5) is 16.6. The number of nitrogens with zero attached hydrogens (tertiary/aromatic N) is 7. The van der Waals surface area contributed by atoms with E-state index in [1.165, 1.54) is 24.3 Å². The van der Waals surface area contributed by atoms with Crippen molar-refractivity contribution >= 4 is 87.2 Å². The molecular weight excluding hydrogens is 893 g/mol. The van der Waals surface area contributed by atoms with Crippen LogP contribution in [0.2, 0.25) is 0 Å². The molecule has 338 valence electrons. The van der Waals surface area contributed by atoms with E-state index in [-0.39, 0.29) is 11.6 Å². The topological polar surface area (TPSA) is 58.4 Å². The molecule has 0 aliphatic heterocycles. The third-order valence-electron chi connectivity index (χ3n) is 14.4. The molecule has 0 fully saturated rings. The number of hydrogen-bond acceptors (Lipinski definition) is 3. The lowest BCUT2D eigenvalue weighted by atomic mass is 10.0. The van der Waals surface area contributed by atoms with Crippen LogP contribution in [0.15, 0.2) is 224 Å². The summed E-state index contributed by atoms with van der Waals surface area (Å²) in [6, 6.07) is 74.4. The van der Waals surface area contributed by atoms with E-state index in [0.29, 0.717) is 17.7 Å². The zero-order valence-corrected chi connectivity index (χ0v) is 38.2. The van der Waals surface area contributed by atoms with Gasteiger partial charge in [-0.2, -0.15) is 15.0 Å². The maximum absolute atomic E-state index is 14.5. The second-order valence-corrected chi connectivity index (χ2v) is 18.3. The molecule has 15 rings (SSSR count). The maximum Gasteiger partial charge on any atom is 0.240 e. The van der Waals surface area contributed by atoms with Crippen molar-refractivity contribution in [2.45, 2.75) is 0 Å². The van der Waals surface area contributed by atoms with Crippen molar-refractivity contribution in [1.29, 1.82) is 0 Å². The fourth-order valence-electron chi connectivity index (χ4n) is 11.3. The molecule has 7 nitrogen and oxygen atoms in total. The standard InChI is InChI=1S/C63H37F2N7/c64-41-26-30-43(31-27-41)69-53-20-10-6-16-49(53)57-55(69)36-34-47-45-14-4-8-18-51(45)71(59(47)57)62-66-61(40-24-22-39(23-25-40)38-12-2-1-3-13-38)67-63(68-62)72-52-19-9-5-15-46(52)48-35-37-56-58(60(48)72)50-17-7-11-21-54(50)70(56)44-32-28-42(65)29-33-44/h1-37H. The first-order valence-corrected chi connectivity index (χ1v) is 23.9. The highest BCUT2D eigenvalue weighted by Gasteiger charge is 2.26. The van der Waals surface area contributed by atoms with Crippen LogP contribution in [0.3, 0.4) is 0 Å². The van der Waals surface area contributed by atoms with Crippen molar-refractivity contribution in [3.8, 4) is 45.8 Å². The maximum atomic E-state index is 14.5. The van der Waals surface area contributed by atoms with Gasteiger partial charge >= 0.3 is 0 Å². The molecule has 5 aromatic heterocycles. The Kier molecular flexibility index (Phi) is 8.59. The molecular formula is C63H37F2N7. The fourth-order valence-corrected chi connectivity index (χ4v) is 11.3. The van der Waals surface area contributed by atoms with Gasteiger partial charge in [-0.05, 0) is 96.1 Å². The second-order valence-electron chi connectivity index (χ2n) is 18.3. The molecule has 72 heavy (non-hydrogen) atoms. The van der Waals surface area contributed by atoms with Gasteiger partial charge in [-0.15, -0.1) is 0 Å². The zero-order chi connectivity index (χ0) is 47.6. The second kappa shape index (κ2) is 15.4. The lowest BCUT2D eigenvalue weighted by Gasteiger charge is -2.14. The van der Waals surface area contributed by atoms with Crippen LogP contribution in [0.5, 0.6) is 0 Å². The van der Waals surface area contributed by atoms with Crippen molar-refractivity contribution in [1.82, 2.24) is 33.2 Å². The summed E-state index contributed by atoms with van der Waals surface area (Å²) in [6.07, 6.45) is 0. The van der Waals surface area contributed by atoms with E-state index < -0.39 is 0 Å². The molecule has 0 atom stereocenters. The molecule has 15 aromatic rings. The summed E-state index contributed by atoms with van der Waals surface area (Å²) in [5.74, 6) is 0.826. The number of halogens is 2. The molecule has 0 aliphatic rings. The first-order chi connectivity index (χ1) is 35.6. The molecule has 0 amide bonds. The van der Waals surface area contributed by atoms with Gasteiger partial charge in [-0.1, -0.05) is 140 Å². The van der Waals surface area contributed by atoms with Gasteiger partial charge in [0, 0.05) is 60.0 Å². The smallest absolute Gasteiger partial charge is 0.240 e. The van der Waals surface area contributed by atoms with E-state index in [1.807, 2.05) is 54.6 Å². The Morgan fingerprint density at radius 3 is 1.10 bits per heavy atom. The average Bonchev–Trinajstić information content (AvgIpc) is 4.17. The van der Waals surface area contributed by atoms with Crippen LogP contribution in [-0.2, 0) is 0 Å². The Bertz CT molecular complexity index is 4420. The summed E-state index contributed by atoms with van der Waals surface area (Å²) in [6.45, 7) is 0. The molecule has 0 bridgehead atoms. The van der Waals surface area contributed by atoms with Gasteiger partial charge in [0.25, 0.3) is 0 Å². The molecule has 0 unspecified atom stereocenters. The van der Waals surface area contributed by atoms with Gasteiger partial charge in [-0.3, -0.25) is 9.13 Å². The minimum absolute atomic E-state index is 0.291. The molecule has 0 aliphatic carbocycles. The van der Waals surface area contributed by atoms with E-state index >= 15 is 0 Å². The predicted molar refractivity (Wildman–Crippen MR) is 288 cm³/mol. The number of aromatic nitrogens is 7. The molecule has 5 heterocycles. The Labute approximate surface area is 409 Å². The molecule has 0 N–H and O–H groups in total. The molecule has 0 saturated heterocycles. The highest BCUT2D eigenvalue weighted by molar-refractivity contribution is 6.27. The monoisotopic (exact) mass is 929 g/mol. The third-order valence-corrected chi connectivity index (χ3v) is 14.4. The minimum Gasteiger partial charge on any atom is -0.309 e. The number of hydrogen-bond donors (Lipinski definition) is 0. The summed E-state index contributed by atoms with van der Waals surface area (Å²) in [7, 11) is 0. The van der Waals surface area contributed by atoms with Crippen LogP contribution in [0.1, 0.15) is 0 Å². The Hall–Kier alpha value is -9.73. The largest absolute Gasteiger partial charge is 0.309 e.